The maximum atomic E-state index is 5.89. The van der Waals surface area contributed by atoms with Crippen LogP contribution >= 0.6 is 34.2 Å². The van der Waals surface area contributed by atoms with Crippen molar-refractivity contribution in [2.24, 2.45) is 0 Å². The summed E-state index contributed by atoms with van der Waals surface area (Å²) in [6.45, 7) is 4.20. The van der Waals surface area contributed by atoms with Gasteiger partial charge in [0, 0.05) is 0 Å². The summed E-state index contributed by atoms with van der Waals surface area (Å²) in [5.74, 6) is 0. The zero-order valence-electron chi connectivity index (χ0n) is 4.67. The summed E-state index contributed by atoms with van der Waals surface area (Å²) in [6.07, 6.45) is 2.09. The Morgan fingerprint density at radius 1 is 1.43 bits per heavy atom. The molecule has 0 atom stereocenters. The molecule has 0 aliphatic carbocycles. The van der Waals surface area contributed by atoms with Gasteiger partial charge in [0.05, 0.1) is 2.88 Å². The van der Waals surface area contributed by atoms with Gasteiger partial charge in [0.25, 0.3) is 0 Å². The van der Waals surface area contributed by atoms with E-state index in [1.165, 1.54) is 0 Å². The Labute approximate surface area is 63.8 Å². The van der Waals surface area contributed by atoms with Gasteiger partial charge in [-0.25, -0.2) is 0 Å². The standard InChI is InChI=1S/C5H10ClI/c1-3-5(6,7)4-2/h3-4H2,1-2H3. The van der Waals surface area contributed by atoms with Crippen molar-refractivity contribution >= 4 is 34.2 Å². The molecule has 0 unspecified atom stereocenters. The molecule has 0 saturated heterocycles. The van der Waals surface area contributed by atoms with E-state index in [1.807, 2.05) is 0 Å². The number of rotatable bonds is 2. The summed E-state index contributed by atoms with van der Waals surface area (Å²) in [7, 11) is 0. The molecule has 0 aliphatic rings. The van der Waals surface area contributed by atoms with Gasteiger partial charge in [0.15, 0.2) is 0 Å². The third-order valence-electron chi connectivity index (χ3n) is 1.03. The second-order valence-electron chi connectivity index (χ2n) is 1.56. The van der Waals surface area contributed by atoms with Crippen LogP contribution in [0.4, 0.5) is 0 Å². The summed E-state index contributed by atoms with van der Waals surface area (Å²) in [4.78, 5) is 0. The van der Waals surface area contributed by atoms with E-state index in [-0.39, 0.29) is 2.88 Å². The SMILES string of the molecule is CCC(Cl)(I)CC. The molecule has 2 heteroatoms. The lowest BCUT2D eigenvalue weighted by Crippen LogP contribution is -2.05. The normalized spacial score (nSPS) is 12.0. The third-order valence-corrected chi connectivity index (χ3v) is 3.09. The second-order valence-corrected chi connectivity index (χ2v) is 4.99. The topological polar surface area (TPSA) is 0 Å². The summed E-state index contributed by atoms with van der Waals surface area (Å²) in [5, 5.41) is 0. The Morgan fingerprint density at radius 3 is 1.71 bits per heavy atom. The lowest BCUT2D eigenvalue weighted by molar-refractivity contribution is 0.757. The van der Waals surface area contributed by atoms with Crippen LogP contribution in [0.2, 0.25) is 0 Å². The first kappa shape index (κ1) is 8.02. The highest BCUT2D eigenvalue weighted by atomic mass is 127. The van der Waals surface area contributed by atoms with Gasteiger partial charge in [-0.3, -0.25) is 0 Å². The van der Waals surface area contributed by atoms with E-state index in [1.54, 1.807) is 0 Å². The molecule has 0 aliphatic heterocycles. The van der Waals surface area contributed by atoms with E-state index in [0.29, 0.717) is 0 Å². The zero-order valence-corrected chi connectivity index (χ0v) is 7.58. The smallest absolute Gasteiger partial charge is 0.0951 e. The minimum absolute atomic E-state index is 0.0256. The van der Waals surface area contributed by atoms with Crippen molar-refractivity contribution in [1.82, 2.24) is 0 Å². The van der Waals surface area contributed by atoms with Crippen LogP contribution < -0.4 is 0 Å². The Morgan fingerprint density at radius 2 is 1.71 bits per heavy atom. The van der Waals surface area contributed by atoms with Crippen LogP contribution in [0.15, 0.2) is 0 Å². The van der Waals surface area contributed by atoms with Gasteiger partial charge in [0.1, 0.15) is 0 Å². The van der Waals surface area contributed by atoms with Crippen molar-refractivity contribution in [3.63, 3.8) is 0 Å². The summed E-state index contributed by atoms with van der Waals surface area (Å²) >= 11 is 8.16. The number of alkyl halides is 2. The van der Waals surface area contributed by atoms with E-state index in [0.717, 1.165) is 12.8 Å². The fraction of sp³-hybridized carbons (Fsp3) is 1.00. The molecule has 0 nitrogen and oxygen atoms in total. The van der Waals surface area contributed by atoms with Crippen LogP contribution in [-0.4, -0.2) is 2.88 Å². The first-order valence-corrected chi connectivity index (χ1v) is 3.96. The molecule has 0 heterocycles. The van der Waals surface area contributed by atoms with E-state index < -0.39 is 0 Å². The van der Waals surface area contributed by atoms with Crippen molar-refractivity contribution in [3.05, 3.63) is 0 Å². The van der Waals surface area contributed by atoms with E-state index in [2.05, 4.69) is 36.4 Å². The van der Waals surface area contributed by atoms with Gasteiger partial charge >= 0.3 is 0 Å². The fourth-order valence-corrected chi connectivity index (χ4v) is 0.250. The van der Waals surface area contributed by atoms with Crippen LogP contribution in [0, 0.1) is 0 Å². The van der Waals surface area contributed by atoms with Gasteiger partial charge in [-0.2, -0.15) is 0 Å². The number of hydrogen-bond acceptors (Lipinski definition) is 0. The summed E-state index contributed by atoms with van der Waals surface area (Å²) < 4.78 is 0.0256. The zero-order chi connectivity index (χ0) is 5.91. The van der Waals surface area contributed by atoms with Gasteiger partial charge in [-0.15, -0.1) is 11.6 Å². The first-order valence-electron chi connectivity index (χ1n) is 2.50. The maximum Gasteiger partial charge on any atom is 0.0951 e. The lowest BCUT2D eigenvalue weighted by atomic mass is 10.3. The van der Waals surface area contributed by atoms with Gasteiger partial charge in [-0.05, 0) is 12.8 Å². The molecule has 7 heavy (non-hydrogen) atoms. The lowest BCUT2D eigenvalue weighted by Gasteiger charge is -2.12. The average Bonchev–Trinajstić information content (AvgIpc) is 1.68. The Balaban J connectivity index is 3.36. The van der Waals surface area contributed by atoms with E-state index in [9.17, 15) is 0 Å². The first-order chi connectivity index (χ1) is 3.12. The van der Waals surface area contributed by atoms with Crippen LogP contribution in [0.5, 0.6) is 0 Å². The molecular formula is C5H10ClI. The average molecular weight is 232 g/mol. The quantitative estimate of drug-likeness (QED) is 0.507. The van der Waals surface area contributed by atoms with Gasteiger partial charge in [0.2, 0.25) is 0 Å². The minimum Gasteiger partial charge on any atom is -0.108 e. The minimum atomic E-state index is 0.0256. The Bertz CT molecular complexity index is 46.0. The highest BCUT2D eigenvalue weighted by Gasteiger charge is 2.15. The Kier molecular flexibility index (Phi) is 3.58. The molecular weight excluding hydrogens is 222 g/mol. The Hall–Kier alpha value is 1.02. The molecule has 0 fully saturated rings. The van der Waals surface area contributed by atoms with Crippen molar-refractivity contribution in [2.45, 2.75) is 29.6 Å². The van der Waals surface area contributed by atoms with Gasteiger partial charge < -0.3 is 0 Å². The molecule has 0 bridgehead atoms. The summed E-state index contributed by atoms with van der Waals surface area (Å²) in [6, 6.07) is 0. The molecule has 0 radical (unpaired) electrons. The monoisotopic (exact) mass is 232 g/mol. The molecule has 0 saturated carbocycles. The van der Waals surface area contributed by atoms with E-state index in [4.69, 9.17) is 11.6 Å². The molecule has 0 rings (SSSR count). The van der Waals surface area contributed by atoms with Crippen molar-refractivity contribution < 1.29 is 0 Å². The van der Waals surface area contributed by atoms with Crippen LogP contribution in [0.3, 0.4) is 0 Å². The molecule has 0 N–H and O–H groups in total. The van der Waals surface area contributed by atoms with Crippen LogP contribution in [0.1, 0.15) is 26.7 Å². The number of hydrogen-bond donors (Lipinski definition) is 0. The van der Waals surface area contributed by atoms with Crippen molar-refractivity contribution in [2.75, 3.05) is 0 Å². The predicted molar refractivity (Wildman–Crippen MR) is 43.2 cm³/mol. The summed E-state index contributed by atoms with van der Waals surface area (Å²) in [5.41, 5.74) is 0. The largest absolute Gasteiger partial charge is 0.108 e. The molecule has 44 valence electrons. The molecule has 0 aromatic rings. The fourth-order valence-electron chi connectivity index (χ4n) is 0.250. The van der Waals surface area contributed by atoms with Crippen molar-refractivity contribution in [3.8, 4) is 0 Å². The molecule has 0 amide bonds. The van der Waals surface area contributed by atoms with Crippen LogP contribution in [-0.2, 0) is 0 Å². The molecule has 0 spiro atoms. The third kappa shape index (κ3) is 3.59. The predicted octanol–water partition coefficient (Wildman–Crippen LogP) is 3.18. The van der Waals surface area contributed by atoms with Crippen LogP contribution in [0.25, 0.3) is 0 Å². The molecule has 0 aromatic heterocycles. The van der Waals surface area contributed by atoms with Crippen molar-refractivity contribution in [1.29, 1.82) is 0 Å². The highest BCUT2D eigenvalue weighted by molar-refractivity contribution is 14.1. The van der Waals surface area contributed by atoms with E-state index >= 15 is 0 Å². The highest BCUT2D eigenvalue weighted by Crippen LogP contribution is 2.30. The molecule has 0 aromatic carbocycles. The maximum absolute atomic E-state index is 5.89. The number of halogens is 2. The van der Waals surface area contributed by atoms with Gasteiger partial charge in [-0.1, -0.05) is 36.4 Å². The second kappa shape index (κ2) is 3.13.